The molecule has 0 radical (unpaired) electrons. The molecule has 0 N–H and O–H groups in total. The number of likely N-dealkylation sites (tertiary alicyclic amines) is 1. The fourth-order valence-electron chi connectivity index (χ4n) is 2.69. The van der Waals surface area contributed by atoms with Gasteiger partial charge < -0.3 is 4.90 Å². The van der Waals surface area contributed by atoms with E-state index in [-0.39, 0.29) is 0 Å². The van der Waals surface area contributed by atoms with E-state index in [1.807, 2.05) is 0 Å². The van der Waals surface area contributed by atoms with Crippen LogP contribution in [-0.2, 0) is 0 Å². The quantitative estimate of drug-likeness (QED) is 0.611. The number of hydrogen-bond donors (Lipinski definition) is 0. The summed E-state index contributed by atoms with van der Waals surface area (Å²) < 4.78 is 0. The molecule has 1 unspecified atom stereocenters. The standard InChI is InChI=1S/C11H21N/c1-3-10-4-5-12(8-10)11-6-9(2)7-11/h9-11H,3-8H2,1-2H3. The first-order valence-corrected chi connectivity index (χ1v) is 5.53. The Balaban J connectivity index is 1.76. The Morgan fingerprint density at radius 2 is 2.08 bits per heavy atom. The minimum absolute atomic E-state index is 0.969. The molecule has 0 spiro atoms. The Morgan fingerprint density at radius 1 is 1.33 bits per heavy atom. The van der Waals surface area contributed by atoms with Gasteiger partial charge in [0.15, 0.2) is 0 Å². The second-order valence-corrected chi connectivity index (χ2v) is 4.79. The molecule has 0 aromatic heterocycles. The second-order valence-electron chi connectivity index (χ2n) is 4.79. The normalized spacial score (nSPS) is 43.0. The summed E-state index contributed by atoms with van der Waals surface area (Å²) in [6, 6.07) is 0.969. The van der Waals surface area contributed by atoms with Crippen LogP contribution in [0, 0.1) is 11.8 Å². The highest BCUT2D eigenvalue weighted by Gasteiger charge is 2.34. The van der Waals surface area contributed by atoms with E-state index in [4.69, 9.17) is 0 Å². The molecule has 1 nitrogen and oxygen atoms in total. The van der Waals surface area contributed by atoms with Crippen molar-refractivity contribution >= 4 is 0 Å². The molecule has 2 fully saturated rings. The van der Waals surface area contributed by atoms with Gasteiger partial charge in [0.1, 0.15) is 0 Å². The van der Waals surface area contributed by atoms with Crippen LogP contribution < -0.4 is 0 Å². The lowest BCUT2D eigenvalue weighted by atomic mass is 9.81. The molecule has 0 aromatic carbocycles. The van der Waals surface area contributed by atoms with Gasteiger partial charge in [-0.2, -0.15) is 0 Å². The summed E-state index contributed by atoms with van der Waals surface area (Å²) in [6.45, 7) is 7.49. The molecule has 1 heteroatoms. The molecule has 0 aromatic rings. The van der Waals surface area contributed by atoms with Gasteiger partial charge in [-0.15, -0.1) is 0 Å². The zero-order valence-corrected chi connectivity index (χ0v) is 8.42. The molecule has 1 aliphatic carbocycles. The number of nitrogens with zero attached hydrogens (tertiary/aromatic N) is 1. The fourth-order valence-corrected chi connectivity index (χ4v) is 2.69. The van der Waals surface area contributed by atoms with Crippen LogP contribution in [0.2, 0.25) is 0 Å². The summed E-state index contributed by atoms with van der Waals surface area (Å²) in [5.74, 6) is 2.02. The van der Waals surface area contributed by atoms with Gasteiger partial charge in [-0.05, 0) is 37.6 Å². The van der Waals surface area contributed by atoms with Crippen LogP contribution in [0.15, 0.2) is 0 Å². The van der Waals surface area contributed by atoms with E-state index >= 15 is 0 Å². The first kappa shape index (κ1) is 8.55. The van der Waals surface area contributed by atoms with Crippen molar-refractivity contribution in [1.29, 1.82) is 0 Å². The molecule has 0 amide bonds. The lowest BCUT2D eigenvalue weighted by Gasteiger charge is -2.39. The molecular formula is C11H21N. The molecule has 1 saturated carbocycles. The summed E-state index contributed by atoms with van der Waals surface area (Å²) in [5.41, 5.74) is 0. The lowest BCUT2D eigenvalue weighted by Crippen LogP contribution is -2.42. The van der Waals surface area contributed by atoms with Gasteiger partial charge in [-0.25, -0.2) is 0 Å². The maximum atomic E-state index is 2.73. The van der Waals surface area contributed by atoms with Crippen molar-refractivity contribution in [2.24, 2.45) is 11.8 Å². The van der Waals surface area contributed by atoms with Crippen LogP contribution in [-0.4, -0.2) is 24.0 Å². The van der Waals surface area contributed by atoms with Gasteiger partial charge >= 0.3 is 0 Å². The Kier molecular flexibility index (Phi) is 2.40. The topological polar surface area (TPSA) is 3.24 Å². The summed E-state index contributed by atoms with van der Waals surface area (Å²) in [5, 5.41) is 0. The van der Waals surface area contributed by atoms with Crippen molar-refractivity contribution in [3.8, 4) is 0 Å². The minimum atomic E-state index is 0.969. The highest BCUT2D eigenvalue weighted by molar-refractivity contribution is 4.88. The predicted octanol–water partition coefficient (Wildman–Crippen LogP) is 2.52. The predicted molar refractivity (Wildman–Crippen MR) is 52.2 cm³/mol. The van der Waals surface area contributed by atoms with Crippen molar-refractivity contribution in [2.75, 3.05) is 13.1 Å². The van der Waals surface area contributed by atoms with Gasteiger partial charge in [0.25, 0.3) is 0 Å². The van der Waals surface area contributed by atoms with Crippen LogP contribution in [0.5, 0.6) is 0 Å². The molecular weight excluding hydrogens is 146 g/mol. The maximum absolute atomic E-state index is 2.73. The molecule has 2 rings (SSSR count). The van der Waals surface area contributed by atoms with E-state index in [1.54, 1.807) is 0 Å². The van der Waals surface area contributed by atoms with E-state index in [2.05, 4.69) is 18.7 Å². The average Bonchev–Trinajstić information content (AvgIpc) is 2.46. The van der Waals surface area contributed by atoms with Crippen molar-refractivity contribution < 1.29 is 0 Å². The van der Waals surface area contributed by atoms with E-state index in [1.165, 1.54) is 38.8 Å². The largest absolute Gasteiger partial charge is 0.300 e. The van der Waals surface area contributed by atoms with Crippen LogP contribution in [0.3, 0.4) is 0 Å². The third-order valence-electron chi connectivity index (χ3n) is 3.76. The van der Waals surface area contributed by atoms with Crippen molar-refractivity contribution in [3.05, 3.63) is 0 Å². The Bertz CT molecular complexity index is 149. The van der Waals surface area contributed by atoms with Crippen LogP contribution in [0.4, 0.5) is 0 Å². The first-order chi connectivity index (χ1) is 5.79. The minimum Gasteiger partial charge on any atom is -0.300 e. The molecule has 1 heterocycles. The molecule has 2 aliphatic rings. The third kappa shape index (κ3) is 1.52. The zero-order chi connectivity index (χ0) is 8.55. The summed E-state index contributed by atoms with van der Waals surface area (Å²) in [6.07, 6.45) is 5.78. The van der Waals surface area contributed by atoms with E-state index in [0.29, 0.717) is 0 Å². The second kappa shape index (κ2) is 3.37. The van der Waals surface area contributed by atoms with E-state index in [0.717, 1.165) is 17.9 Å². The Labute approximate surface area is 76.1 Å². The van der Waals surface area contributed by atoms with E-state index < -0.39 is 0 Å². The van der Waals surface area contributed by atoms with Crippen molar-refractivity contribution in [1.82, 2.24) is 4.90 Å². The summed E-state index contributed by atoms with van der Waals surface area (Å²) in [4.78, 5) is 2.73. The van der Waals surface area contributed by atoms with Crippen LogP contribution >= 0.6 is 0 Å². The number of hydrogen-bond acceptors (Lipinski definition) is 1. The Hall–Kier alpha value is -0.0400. The Morgan fingerprint density at radius 3 is 2.58 bits per heavy atom. The van der Waals surface area contributed by atoms with Crippen LogP contribution in [0.25, 0.3) is 0 Å². The van der Waals surface area contributed by atoms with Gasteiger partial charge in [-0.3, -0.25) is 0 Å². The SMILES string of the molecule is CCC1CCN(C2CC(C)C2)C1. The van der Waals surface area contributed by atoms with Gasteiger partial charge in [0.05, 0.1) is 0 Å². The van der Waals surface area contributed by atoms with Crippen molar-refractivity contribution in [2.45, 2.75) is 45.6 Å². The molecule has 1 aliphatic heterocycles. The third-order valence-corrected chi connectivity index (χ3v) is 3.76. The number of rotatable bonds is 2. The van der Waals surface area contributed by atoms with Gasteiger partial charge in [0.2, 0.25) is 0 Å². The highest BCUT2D eigenvalue weighted by Crippen LogP contribution is 2.34. The average molecular weight is 167 g/mol. The zero-order valence-electron chi connectivity index (χ0n) is 8.42. The van der Waals surface area contributed by atoms with E-state index in [9.17, 15) is 0 Å². The fraction of sp³-hybridized carbons (Fsp3) is 1.00. The van der Waals surface area contributed by atoms with Gasteiger partial charge in [-0.1, -0.05) is 20.3 Å². The van der Waals surface area contributed by atoms with Crippen molar-refractivity contribution in [3.63, 3.8) is 0 Å². The molecule has 70 valence electrons. The van der Waals surface area contributed by atoms with Crippen LogP contribution in [0.1, 0.15) is 39.5 Å². The molecule has 0 bridgehead atoms. The smallest absolute Gasteiger partial charge is 0.0100 e. The summed E-state index contributed by atoms with van der Waals surface area (Å²) in [7, 11) is 0. The molecule has 12 heavy (non-hydrogen) atoms. The molecule has 1 atom stereocenters. The lowest BCUT2D eigenvalue weighted by molar-refractivity contribution is 0.106. The maximum Gasteiger partial charge on any atom is 0.0100 e. The monoisotopic (exact) mass is 167 g/mol. The van der Waals surface area contributed by atoms with Gasteiger partial charge in [0, 0.05) is 12.6 Å². The first-order valence-electron chi connectivity index (χ1n) is 5.53. The molecule has 1 saturated heterocycles. The summed E-state index contributed by atoms with van der Waals surface area (Å²) >= 11 is 0. The highest BCUT2D eigenvalue weighted by atomic mass is 15.2.